The van der Waals surface area contributed by atoms with Crippen molar-refractivity contribution in [3.63, 3.8) is 0 Å². The van der Waals surface area contributed by atoms with Crippen LogP contribution in [-0.2, 0) is 14.6 Å². The second kappa shape index (κ2) is 7.16. The monoisotopic (exact) mass is 388 g/mol. The third-order valence-corrected chi connectivity index (χ3v) is 6.49. The van der Waals surface area contributed by atoms with Crippen molar-refractivity contribution in [2.24, 2.45) is 5.92 Å². The van der Waals surface area contributed by atoms with E-state index in [9.17, 15) is 8.42 Å². The van der Waals surface area contributed by atoms with Gasteiger partial charge < -0.3 is 20.2 Å². The fourth-order valence-electron chi connectivity index (χ4n) is 3.18. The van der Waals surface area contributed by atoms with Crippen molar-refractivity contribution in [1.82, 2.24) is 15.0 Å². The number of aromatic amines is 1. The van der Waals surface area contributed by atoms with Gasteiger partial charge in [-0.2, -0.15) is 4.98 Å². The summed E-state index contributed by atoms with van der Waals surface area (Å²) < 4.78 is 37.3. The molecule has 9 heteroatoms. The maximum atomic E-state index is 13.0. The van der Waals surface area contributed by atoms with E-state index in [1.165, 1.54) is 18.5 Å². The lowest BCUT2D eigenvalue weighted by Gasteiger charge is -2.21. The minimum atomic E-state index is -3.82. The quantitative estimate of drug-likeness (QED) is 0.687. The zero-order chi connectivity index (χ0) is 18.9. The van der Waals surface area contributed by atoms with Gasteiger partial charge in [0.15, 0.2) is 0 Å². The van der Waals surface area contributed by atoms with Crippen molar-refractivity contribution in [1.29, 1.82) is 0 Å². The average molecular weight is 388 g/mol. The molecule has 0 radical (unpaired) electrons. The summed E-state index contributed by atoms with van der Waals surface area (Å²) in [5.41, 5.74) is 6.63. The van der Waals surface area contributed by atoms with Gasteiger partial charge >= 0.3 is 0 Å². The van der Waals surface area contributed by atoms with Crippen molar-refractivity contribution in [2.75, 3.05) is 25.6 Å². The van der Waals surface area contributed by atoms with Crippen LogP contribution in [0.4, 0.5) is 5.82 Å². The Morgan fingerprint density at radius 3 is 2.67 bits per heavy atom. The van der Waals surface area contributed by atoms with Gasteiger partial charge in [-0.15, -0.1) is 0 Å². The van der Waals surface area contributed by atoms with Gasteiger partial charge in [0.1, 0.15) is 28.1 Å². The maximum Gasteiger partial charge on any atom is 0.241 e. The first-order valence-electron chi connectivity index (χ1n) is 8.70. The smallest absolute Gasteiger partial charge is 0.241 e. The second-order valence-electron chi connectivity index (χ2n) is 6.45. The van der Waals surface area contributed by atoms with Crippen LogP contribution in [0.15, 0.2) is 46.5 Å². The van der Waals surface area contributed by atoms with Crippen LogP contribution in [0.5, 0.6) is 5.88 Å². The lowest BCUT2D eigenvalue weighted by Crippen LogP contribution is -2.21. The molecule has 1 aliphatic heterocycles. The summed E-state index contributed by atoms with van der Waals surface area (Å²) in [6.45, 7) is 1.93. The molecule has 0 aliphatic carbocycles. The van der Waals surface area contributed by atoms with Gasteiger partial charge in [0, 0.05) is 13.2 Å². The Hall–Kier alpha value is -2.65. The number of nitrogens with two attached hydrogens (primary N) is 1. The molecular formula is C18H20N4O4S. The summed E-state index contributed by atoms with van der Waals surface area (Å²) in [6.07, 6.45) is 3.14. The standard InChI is InChI=1S/C18H20N4O4S/c19-17-16(27(23,24)13-4-2-1-3-5-13)14-15(22-17)18(21-11-20-14)26-10-12-6-8-25-9-7-12/h1-5,11-12,22H,6-10,19H2. The van der Waals surface area contributed by atoms with E-state index in [0.717, 1.165) is 26.1 Å². The molecule has 0 atom stereocenters. The molecule has 4 rings (SSSR count). The lowest BCUT2D eigenvalue weighted by molar-refractivity contribution is 0.0492. The number of sulfone groups is 1. The first-order chi connectivity index (χ1) is 13.1. The minimum Gasteiger partial charge on any atom is -0.476 e. The van der Waals surface area contributed by atoms with Crippen molar-refractivity contribution in [2.45, 2.75) is 22.6 Å². The predicted molar refractivity (Wildman–Crippen MR) is 99.2 cm³/mol. The molecule has 1 saturated heterocycles. The Labute approximate surface area is 156 Å². The molecule has 3 heterocycles. The first-order valence-corrected chi connectivity index (χ1v) is 10.2. The number of nitrogens with one attached hydrogen (secondary N) is 1. The lowest BCUT2D eigenvalue weighted by atomic mass is 10.0. The van der Waals surface area contributed by atoms with Crippen LogP contribution in [0, 0.1) is 5.92 Å². The van der Waals surface area contributed by atoms with E-state index in [1.54, 1.807) is 18.2 Å². The molecule has 8 nitrogen and oxygen atoms in total. The number of nitrogen functional groups attached to an aromatic ring is 1. The molecule has 0 unspecified atom stereocenters. The number of hydrogen-bond acceptors (Lipinski definition) is 7. The Bertz CT molecular complexity index is 1040. The summed E-state index contributed by atoms with van der Waals surface area (Å²) in [7, 11) is -3.82. The van der Waals surface area contributed by atoms with Crippen LogP contribution >= 0.6 is 0 Å². The maximum absolute atomic E-state index is 13.0. The number of H-pyrrole nitrogens is 1. The van der Waals surface area contributed by atoms with E-state index in [4.69, 9.17) is 15.2 Å². The first kappa shape index (κ1) is 17.7. The normalized spacial score (nSPS) is 15.9. The fraction of sp³-hybridized carbons (Fsp3) is 0.333. The largest absolute Gasteiger partial charge is 0.476 e. The number of nitrogens with zero attached hydrogens (tertiary/aromatic N) is 2. The van der Waals surface area contributed by atoms with Crippen LogP contribution in [0.3, 0.4) is 0 Å². The Morgan fingerprint density at radius 1 is 1.19 bits per heavy atom. The zero-order valence-corrected chi connectivity index (χ0v) is 15.4. The SMILES string of the molecule is Nc1[nH]c2c(OCC3CCOCC3)ncnc2c1S(=O)(=O)c1ccccc1. The number of fused-ring (bicyclic) bond motifs is 1. The third kappa shape index (κ3) is 3.35. The van der Waals surface area contributed by atoms with Crippen LogP contribution in [0.2, 0.25) is 0 Å². The van der Waals surface area contributed by atoms with Crippen LogP contribution in [0.1, 0.15) is 12.8 Å². The van der Waals surface area contributed by atoms with E-state index < -0.39 is 9.84 Å². The molecule has 1 fully saturated rings. The van der Waals surface area contributed by atoms with E-state index >= 15 is 0 Å². The number of aromatic nitrogens is 3. The van der Waals surface area contributed by atoms with Crippen LogP contribution in [0.25, 0.3) is 11.0 Å². The number of benzene rings is 1. The van der Waals surface area contributed by atoms with E-state index in [1.807, 2.05) is 0 Å². The predicted octanol–water partition coefficient (Wildman–Crippen LogP) is 2.18. The molecule has 3 N–H and O–H groups in total. The van der Waals surface area contributed by atoms with Gasteiger partial charge in [-0.05, 0) is 30.9 Å². The molecule has 1 aliphatic rings. The second-order valence-corrected chi connectivity index (χ2v) is 8.34. The fourth-order valence-corrected chi connectivity index (χ4v) is 4.68. The number of anilines is 1. The Morgan fingerprint density at radius 2 is 1.93 bits per heavy atom. The van der Waals surface area contributed by atoms with Gasteiger partial charge in [0.2, 0.25) is 15.7 Å². The summed E-state index contributed by atoms with van der Waals surface area (Å²) in [4.78, 5) is 11.3. The van der Waals surface area contributed by atoms with Crippen molar-refractivity contribution >= 4 is 26.7 Å². The van der Waals surface area contributed by atoms with Gasteiger partial charge in [-0.3, -0.25) is 0 Å². The number of rotatable bonds is 5. The van der Waals surface area contributed by atoms with Gasteiger partial charge in [-0.25, -0.2) is 13.4 Å². The molecule has 0 bridgehead atoms. The highest BCUT2D eigenvalue weighted by atomic mass is 32.2. The van der Waals surface area contributed by atoms with E-state index in [-0.39, 0.29) is 21.1 Å². The third-order valence-electron chi connectivity index (χ3n) is 4.65. The molecule has 0 amide bonds. The minimum absolute atomic E-state index is 0.0188. The number of hydrogen-bond donors (Lipinski definition) is 2. The van der Waals surface area contributed by atoms with Crippen molar-refractivity contribution < 1.29 is 17.9 Å². The highest BCUT2D eigenvalue weighted by Crippen LogP contribution is 2.35. The van der Waals surface area contributed by atoms with Gasteiger partial charge in [0.05, 0.1) is 11.5 Å². The molecule has 1 aromatic carbocycles. The van der Waals surface area contributed by atoms with Crippen molar-refractivity contribution in [3.8, 4) is 5.88 Å². The average Bonchev–Trinajstić information content (AvgIpc) is 3.05. The molecule has 2 aromatic heterocycles. The van der Waals surface area contributed by atoms with Crippen LogP contribution < -0.4 is 10.5 Å². The topological polar surface area (TPSA) is 120 Å². The summed E-state index contributed by atoms with van der Waals surface area (Å²) in [5, 5.41) is 0. The molecule has 0 spiro atoms. The van der Waals surface area contributed by atoms with Crippen molar-refractivity contribution in [3.05, 3.63) is 36.7 Å². The summed E-state index contributed by atoms with van der Waals surface area (Å²) in [5.74, 6) is 0.696. The number of ether oxygens (including phenoxy) is 2. The van der Waals surface area contributed by atoms with Gasteiger partial charge in [0.25, 0.3) is 0 Å². The summed E-state index contributed by atoms with van der Waals surface area (Å²) in [6, 6.07) is 8.13. The molecular weight excluding hydrogens is 368 g/mol. The highest BCUT2D eigenvalue weighted by molar-refractivity contribution is 7.92. The Kier molecular flexibility index (Phi) is 4.71. The zero-order valence-electron chi connectivity index (χ0n) is 14.6. The van der Waals surface area contributed by atoms with Gasteiger partial charge in [-0.1, -0.05) is 18.2 Å². The Balaban J connectivity index is 1.71. The molecule has 27 heavy (non-hydrogen) atoms. The molecule has 0 saturated carbocycles. The summed E-state index contributed by atoms with van der Waals surface area (Å²) >= 11 is 0. The molecule has 142 valence electrons. The van der Waals surface area contributed by atoms with E-state index in [2.05, 4.69) is 15.0 Å². The van der Waals surface area contributed by atoms with E-state index in [0.29, 0.717) is 23.9 Å². The molecule has 3 aromatic rings. The highest BCUT2D eigenvalue weighted by Gasteiger charge is 2.28. The van der Waals surface area contributed by atoms with Crippen LogP contribution in [-0.4, -0.2) is 43.2 Å².